The Morgan fingerprint density at radius 1 is 1.24 bits per heavy atom. The van der Waals surface area contributed by atoms with Crippen LogP contribution in [0.25, 0.3) is 0 Å². The molecule has 0 radical (unpaired) electrons. The Morgan fingerprint density at radius 2 is 1.96 bits per heavy atom. The van der Waals surface area contributed by atoms with E-state index in [1.165, 1.54) is 18.2 Å². The van der Waals surface area contributed by atoms with E-state index in [9.17, 15) is 14.9 Å². The number of hydrogen-bond donors (Lipinski definition) is 2. The minimum absolute atomic E-state index is 0.102. The van der Waals surface area contributed by atoms with Gasteiger partial charge in [0.15, 0.2) is 0 Å². The van der Waals surface area contributed by atoms with Crippen LogP contribution in [0.15, 0.2) is 42.5 Å². The van der Waals surface area contributed by atoms with E-state index in [0.29, 0.717) is 25.4 Å². The van der Waals surface area contributed by atoms with Crippen molar-refractivity contribution in [3.63, 3.8) is 0 Å². The Labute approximate surface area is 145 Å². The number of nitrogens with two attached hydrogens (primary N) is 1. The Balaban J connectivity index is 2.16. The third-order valence-electron chi connectivity index (χ3n) is 3.67. The van der Waals surface area contributed by atoms with Gasteiger partial charge < -0.3 is 15.8 Å². The fraction of sp³-hybridized carbons (Fsp3) is 0.278. The first-order valence-electron chi connectivity index (χ1n) is 7.99. The summed E-state index contributed by atoms with van der Waals surface area (Å²) in [5, 5.41) is 14.3. The molecule has 0 atom stereocenters. The quantitative estimate of drug-likeness (QED) is 0.413. The molecule has 0 aliphatic heterocycles. The van der Waals surface area contributed by atoms with E-state index >= 15 is 0 Å². The predicted molar refractivity (Wildman–Crippen MR) is 95.3 cm³/mol. The molecule has 0 saturated carbocycles. The summed E-state index contributed by atoms with van der Waals surface area (Å²) in [7, 11) is 0. The zero-order valence-electron chi connectivity index (χ0n) is 14.0. The second-order valence-corrected chi connectivity index (χ2v) is 5.53. The van der Waals surface area contributed by atoms with E-state index in [0.717, 1.165) is 17.5 Å². The second kappa shape index (κ2) is 8.79. The smallest absolute Gasteiger partial charge is 0.293 e. The highest BCUT2D eigenvalue weighted by Gasteiger charge is 2.16. The van der Waals surface area contributed by atoms with Gasteiger partial charge >= 0.3 is 0 Å². The molecule has 0 heterocycles. The number of benzene rings is 2. The number of primary amides is 1. The first-order chi connectivity index (χ1) is 12.0. The SMILES string of the molecule is CCCOCc1ccccc1CNc1ccc(C(N)=O)cc1[N+](=O)[O-]. The van der Waals surface area contributed by atoms with Crippen molar-refractivity contribution in [2.45, 2.75) is 26.5 Å². The number of amides is 1. The molecule has 7 nitrogen and oxygen atoms in total. The number of nitro benzene ring substituents is 1. The van der Waals surface area contributed by atoms with Crippen LogP contribution in [-0.2, 0) is 17.9 Å². The molecule has 25 heavy (non-hydrogen) atoms. The van der Waals surface area contributed by atoms with Crippen LogP contribution in [0.2, 0.25) is 0 Å². The van der Waals surface area contributed by atoms with Crippen molar-refractivity contribution in [1.29, 1.82) is 0 Å². The Hall–Kier alpha value is -2.93. The zero-order valence-corrected chi connectivity index (χ0v) is 14.0. The molecule has 3 N–H and O–H groups in total. The molecule has 1 amide bonds. The van der Waals surface area contributed by atoms with Crippen molar-refractivity contribution in [2.24, 2.45) is 5.73 Å². The number of rotatable bonds is 9. The normalized spacial score (nSPS) is 10.4. The van der Waals surface area contributed by atoms with Gasteiger partial charge in [-0.3, -0.25) is 14.9 Å². The lowest BCUT2D eigenvalue weighted by Gasteiger charge is -2.12. The Bertz CT molecular complexity index is 762. The minimum Gasteiger partial charge on any atom is -0.377 e. The molecule has 0 aliphatic carbocycles. The average molecular weight is 343 g/mol. The third-order valence-corrected chi connectivity index (χ3v) is 3.67. The molecule has 0 spiro atoms. The van der Waals surface area contributed by atoms with Crippen molar-refractivity contribution in [1.82, 2.24) is 0 Å². The van der Waals surface area contributed by atoms with Crippen LogP contribution in [0.1, 0.15) is 34.8 Å². The second-order valence-electron chi connectivity index (χ2n) is 5.53. The van der Waals surface area contributed by atoms with Crippen molar-refractivity contribution >= 4 is 17.3 Å². The van der Waals surface area contributed by atoms with Gasteiger partial charge in [-0.05, 0) is 29.7 Å². The number of nitrogens with one attached hydrogen (secondary N) is 1. The highest BCUT2D eigenvalue weighted by atomic mass is 16.6. The summed E-state index contributed by atoms with van der Waals surface area (Å²) in [5.74, 6) is -0.701. The topological polar surface area (TPSA) is 107 Å². The van der Waals surface area contributed by atoms with Gasteiger partial charge in [-0.1, -0.05) is 31.2 Å². The maximum absolute atomic E-state index is 11.2. The van der Waals surface area contributed by atoms with Crippen LogP contribution in [0.5, 0.6) is 0 Å². The van der Waals surface area contributed by atoms with Gasteiger partial charge in [-0.2, -0.15) is 0 Å². The van der Waals surface area contributed by atoms with Crippen LogP contribution >= 0.6 is 0 Å². The molecular formula is C18H21N3O4. The maximum Gasteiger partial charge on any atom is 0.293 e. The van der Waals surface area contributed by atoms with Crippen LogP contribution in [0, 0.1) is 10.1 Å². The molecular weight excluding hydrogens is 322 g/mol. The van der Waals surface area contributed by atoms with Gasteiger partial charge in [0, 0.05) is 24.8 Å². The number of ether oxygens (including phenoxy) is 1. The third kappa shape index (κ3) is 5.02. The number of nitrogens with zero attached hydrogens (tertiary/aromatic N) is 1. The fourth-order valence-corrected chi connectivity index (χ4v) is 2.37. The molecule has 0 bridgehead atoms. The number of hydrogen-bond acceptors (Lipinski definition) is 5. The maximum atomic E-state index is 11.2. The molecule has 0 saturated heterocycles. The molecule has 132 valence electrons. The Morgan fingerprint density at radius 3 is 2.60 bits per heavy atom. The van der Waals surface area contributed by atoms with E-state index in [1.54, 1.807) is 0 Å². The summed E-state index contributed by atoms with van der Waals surface area (Å²) in [6.07, 6.45) is 0.943. The van der Waals surface area contributed by atoms with E-state index in [-0.39, 0.29) is 11.3 Å². The van der Waals surface area contributed by atoms with E-state index in [4.69, 9.17) is 10.5 Å². The van der Waals surface area contributed by atoms with Crippen LogP contribution in [0.3, 0.4) is 0 Å². The molecule has 7 heteroatoms. The van der Waals surface area contributed by atoms with Gasteiger partial charge in [0.2, 0.25) is 5.91 Å². The van der Waals surface area contributed by atoms with Gasteiger partial charge in [0.05, 0.1) is 11.5 Å². The molecule has 0 aliphatic rings. The van der Waals surface area contributed by atoms with E-state index < -0.39 is 10.8 Å². The van der Waals surface area contributed by atoms with Gasteiger partial charge in [-0.25, -0.2) is 0 Å². The van der Waals surface area contributed by atoms with Crippen molar-refractivity contribution < 1.29 is 14.5 Å². The zero-order chi connectivity index (χ0) is 18.2. The molecule has 0 aromatic heterocycles. The molecule has 2 rings (SSSR count). The molecule has 0 unspecified atom stereocenters. The standard InChI is InChI=1S/C18H21N3O4/c1-2-9-25-12-15-6-4-3-5-14(15)11-20-16-8-7-13(18(19)22)10-17(16)21(23)24/h3-8,10,20H,2,9,11-12H2,1H3,(H2,19,22). The highest BCUT2D eigenvalue weighted by molar-refractivity contribution is 5.94. The fourth-order valence-electron chi connectivity index (χ4n) is 2.37. The number of carbonyl (C=O) groups is 1. The first kappa shape index (κ1) is 18.4. The Kier molecular flexibility index (Phi) is 6.47. The highest BCUT2D eigenvalue weighted by Crippen LogP contribution is 2.26. The van der Waals surface area contributed by atoms with Crippen LogP contribution in [0.4, 0.5) is 11.4 Å². The van der Waals surface area contributed by atoms with Crippen LogP contribution < -0.4 is 11.1 Å². The summed E-state index contributed by atoms with van der Waals surface area (Å²) in [4.78, 5) is 21.9. The summed E-state index contributed by atoms with van der Waals surface area (Å²) in [6, 6.07) is 11.9. The van der Waals surface area contributed by atoms with Crippen LogP contribution in [-0.4, -0.2) is 17.4 Å². The number of nitro groups is 1. The molecule has 0 fully saturated rings. The molecule has 2 aromatic rings. The summed E-state index contributed by atoms with van der Waals surface area (Å²) in [6.45, 7) is 3.63. The van der Waals surface area contributed by atoms with Crippen molar-refractivity contribution in [2.75, 3.05) is 11.9 Å². The van der Waals surface area contributed by atoms with Gasteiger partial charge in [-0.15, -0.1) is 0 Å². The minimum atomic E-state index is -0.701. The first-order valence-corrected chi connectivity index (χ1v) is 7.99. The number of anilines is 1. The largest absolute Gasteiger partial charge is 0.377 e. The van der Waals surface area contributed by atoms with Gasteiger partial charge in [0.1, 0.15) is 5.69 Å². The van der Waals surface area contributed by atoms with Crippen molar-refractivity contribution in [3.8, 4) is 0 Å². The van der Waals surface area contributed by atoms with E-state index in [1.807, 2.05) is 31.2 Å². The summed E-state index contributed by atoms with van der Waals surface area (Å²) >= 11 is 0. The van der Waals surface area contributed by atoms with E-state index in [2.05, 4.69) is 5.32 Å². The van der Waals surface area contributed by atoms with Crippen molar-refractivity contribution in [3.05, 3.63) is 69.3 Å². The average Bonchev–Trinajstić information content (AvgIpc) is 2.60. The lowest BCUT2D eigenvalue weighted by molar-refractivity contribution is -0.384. The molecule has 2 aromatic carbocycles. The summed E-state index contributed by atoms with van der Waals surface area (Å²) in [5.41, 5.74) is 7.45. The lowest BCUT2D eigenvalue weighted by atomic mass is 10.1. The van der Waals surface area contributed by atoms with Gasteiger partial charge in [0.25, 0.3) is 5.69 Å². The monoisotopic (exact) mass is 343 g/mol. The predicted octanol–water partition coefficient (Wildman–Crippen LogP) is 3.23. The number of carbonyl (C=O) groups excluding carboxylic acids is 1. The lowest BCUT2D eigenvalue weighted by Crippen LogP contribution is -2.12. The summed E-state index contributed by atoms with van der Waals surface area (Å²) < 4.78 is 5.58.